The van der Waals surface area contributed by atoms with Gasteiger partial charge >= 0.3 is 0 Å². The van der Waals surface area contributed by atoms with Gasteiger partial charge in [0.1, 0.15) is 0 Å². The van der Waals surface area contributed by atoms with Crippen LogP contribution in [0, 0.1) is 40.9 Å². The van der Waals surface area contributed by atoms with Crippen LogP contribution in [0.1, 0.15) is 64.2 Å². The molecule has 5 fully saturated rings. The van der Waals surface area contributed by atoms with Gasteiger partial charge in [-0.3, -0.25) is 5.32 Å². The molecule has 4 bridgehead atoms. The van der Waals surface area contributed by atoms with E-state index < -0.39 is 0 Å². The largest absolute Gasteiger partial charge is 0.299 e. The highest BCUT2D eigenvalue weighted by molar-refractivity contribution is 5.08. The van der Waals surface area contributed by atoms with Crippen LogP contribution in [0.4, 0.5) is 0 Å². The van der Waals surface area contributed by atoms with E-state index in [0.29, 0.717) is 12.0 Å². The number of nitrogens with zero attached hydrogens (tertiary/aromatic N) is 1. The molecule has 1 N–H and O–H groups in total. The van der Waals surface area contributed by atoms with Crippen molar-refractivity contribution in [1.29, 1.82) is 5.26 Å². The molecule has 5 saturated carbocycles. The molecule has 2 heteroatoms. The van der Waals surface area contributed by atoms with Crippen LogP contribution in [-0.4, -0.2) is 12.1 Å². The first-order valence-corrected chi connectivity index (χ1v) is 8.99. The summed E-state index contributed by atoms with van der Waals surface area (Å²) in [5.41, 5.74) is 0. The zero-order chi connectivity index (χ0) is 13.5. The smallest absolute Gasteiger partial charge is 0.0988 e. The average Bonchev–Trinajstić information content (AvgIpc) is 2.46. The molecule has 0 heterocycles. The Hall–Kier alpha value is -0.550. The molecule has 110 valence electrons. The lowest BCUT2D eigenvalue weighted by Gasteiger charge is -2.55. The first-order valence-electron chi connectivity index (χ1n) is 8.99. The van der Waals surface area contributed by atoms with E-state index >= 15 is 0 Å². The Morgan fingerprint density at radius 1 is 0.850 bits per heavy atom. The molecule has 2 nitrogen and oxygen atoms in total. The number of hydrogen-bond donors (Lipinski definition) is 1. The maximum Gasteiger partial charge on any atom is 0.0988 e. The summed E-state index contributed by atoms with van der Waals surface area (Å²) in [5, 5.41) is 13.5. The highest BCUT2D eigenvalue weighted by Crippen LogP contribution is 2.57. The quantitative estimate of drug-likeness (QED) is 0.846. The fourth-order valence-corrected chi connectivity index (χ4v) is 6.27. The minimum Gasteiger partial charge on any atom is -0.299 e. The van der Waals surface area contributed by atoms with Crippen molar-refractivity contribution in [2.45, 2.75) is 76.3 Å². The van der Waals surface area contributed by atoms with E-state index in [2.05, 4.69) is 11.4 Å². The maximum absolute atomic E-state index is 9.73. The van der Waals surface area contributed by atoms with Crippen molar-refractivity contribution >= 4 is 0 Å². The fourth-order valence-electron chi connectivity index (χ4n) is 6.27. The number of rotatable bonds is 3. The third-order valence-electron chi connectivity index (χ3n) is 6.84. The normalized spacial score (nSPS) is 45.2. The predicted molar refractivity (Wildman–Crippen MR) is 79.9 cm³/mol. The van der Waals surface area contributed by atoms with Crippen molar-refractivity contribution in [3.05, 3.63) is 0 Å². The summed E-state index contributed by atoms with van der Waals surface area (Å²) < 4.78 is 0. The predicted octanol–water partition coefficient (Wildman–Crippen LogP) is 3.87. The van der Waals surface area contributed by atoms with Crippen LogP contribution in [0.25, 0.3) is 0 Å². The van der Waals surface area contributed by atoms with Gasteiger partial charge in [-0.15, -0.1) is 0 Å². The SMILES string of the molecule is N#CC(NC1CCCCC1)C1C2CC3CC(C2)CC1C3. The Bertz CT molecular complexity index is 363. The summed E-state index contributed by atoms with van der Waals surface area (Å²) in [6.07, 6.45) is 13.9. The minimum absolute atomic E-state index is 0.146. The van der Waals surface area contributed by atoms with Crippen LogP contribution in [0.3, 0.4) is 0 Å². The van der Waals surface area contributed by atoms with Crippen LogP contribution in [0.2, 0.25) is 0 Å². The van der Waals surface area contributed by atoms with Crippen molar-refractivity contribution in [1.82, 2.24) is 5.32 Å². The average molecular weight is 272 g/mol. The van der Waals surface area contributed by atoms with Crippen molar-refractivity contribution in [3.8, 4) is 6.07 Å². The van der Waals surface area contributed by atoms with Crippen molar-refractivity contribution in [2.75, 3.05) is 0 Å². The van der Waals surface area contributed by atoms with Crippen LogP contribution < -0.4 is 5.32 Å². The third kappa shape index (κ3) is 2.29. The molecular formula is C18H28N2. The summed E-state index contributed by atoms with van der Waals surface area (Å²) >= 11 is 0. The molecule has 5 rings (SSSR count). The standard InChI is InChI=1S/C18H28N2/c19-11-17(20-16-4-2-1-3-5-16)18-14-7-12-6-13(9-14)10-15(18)8-12/h12-18,20H,1-10H2. The minimum atomic E-state index is 0.146. The lowest BCUT2D eigenvalue weighted by Crippen LogP contribution is -2.54. The van der Waals surface area contributed by atoms with Gasteiger partial charge in [0.05, 0.1) is 12.1 Å². The molecular weight excluding hydrogens is 244 g/mol. The van der Waals surface area contributed by atoms with Gasteiger partial charge in [-0.05, 0) is 74.5 Å². The van der Waals surface area contributed by atoms with E-state index in [4.69, 9.17) is 0 Å². The lowest BCUT2D eigenvalue weighted by atomic mass is 9.50. The summed E-state index contributed by atoms with van der Waals surface area (Å²) in [5.74, 6) is 4.44. The van der Waals surface area contributed by atoms with E-state index in [1.807, 2.05) is 0 Å². The Morgan fingerprint density at radius 3 is 2.00 bits per heavy atom. The second-order valence-electron chi connectivity index (χ2n) is 8.12. The van der Waals surface area contributed by atoms with E-state index in [1.165, 1.54) is 64.2 Å². The summed E-state index contributed by atoms with van der Waals surface area (Å²) in [6, 6.07) is 3.44. The molecule has 0 aromatic heterocycles. The number of hydrogen-bond acceptors (Lipinski definition) is 2. The fraction of sp³-hybridized carbons (Fsp3) is 0.944. The second-order valence-corrected chi connectivity index (χ2v) is 8.12. The van der Waals surface area contributed by atoms with Crippen molar-refractivity contribution < 1.29 is 0 Å². The molecule has 0 saturated heterocycles. The van der Waals surface area contributed by atoms with Gasteiger partial charge in [0, 0.05) is 6.04 Å². The van der Waals surface area contributed by atoms with Gasteiger partial charge in [-0.25, -0.2) is 0 Å². The highest BCUT2D eigenvalue weighted by atomic mass is 15.0. The van der Waals surface area contributed by atoms with Gasteiger partial charge in [-0.2, -0.15) is 5.26 Å². The van der Waals surface area contributed by atoms with E-state index in [1.54, 1.807) is 0 Å². The Kier molecular flexibility index (Phi) is 3.50. The monoisotopic (exact) mass is 272 g/mol. The third-order valence-corrected chi connectivity index (χ3v) is 6.84. The molecule has 1 unspecified atom stereocenters. The first-order chi connectivity index (χ1) is 9.83. The number of nitriles is 1. The molecule has 1 atom stereocenters. The van der Waals surface area contributed by atoms with Gasteiger partial charge < -0.3 is 0 Å². The van der Waals surface area contributed by atoms with Crippen molar-refractivity contribution in [3.63, 3.8) is 0 Å². The van der Waals surface area contributed by atoms with E-state index in [0.717, 1.165) is 23.7 Å². The molecule has 5 aliphatic carbocycles. The van der Waals surface area contributed by atoms with E-state index in [9.17, 15) is 5.26 Å². The van der Waals surface area contributed by atoms with Crippen molar-refractivity contribution in [2.24, 2.45) is 29.6 Å². The number of nitrogens with one attached hydrogen (secondary N) is 1. The lowest BCUT2D eigenvalue weighted by molar-refractivity contribution is -0.0459. The molecule has 0 amide bonds. The molecule has 20 heavy (non-hydrogen) atoms. The summed E-state index contributed by atoms with van der Waals surface area (Å²) in [6.45, 7) is 0. The second kappa shape index (κ2) is 5.34. The molecule has 5 aliphatic rings. The van der Waals surface area contributed by atoms with Crippen LogP contribution in [-0.2, 0) is 0 Å². The van der Waals surface area contributed by atoms with Gasteiger partial charge in [0.25, 0.3) is 0 Å². The molecule has 0 radical (unpaired) electrons. The topological polar surface area (TPSA) is 35.8 Å². The van der Waals surface area contributed by atoms with E-state index in [-0.39, 0.29) is 6.04 Å². The van der Waals surface area contributed by atoms with Gasteiger partial charge in [0.2, 0.25) is 0 Å². The highest BCUT2D eigenvalue weighted by Gasteiger charge is 2.50. The Labute approximate surface area is 123 Å². The first kappa shape index (κ1) is 13.1. The Balaban J connectivity index is 1.46. The van der Waals surface area contributed by atoms with Crippen LogP contribution in [0.5, 0.6) is 0 Å². The summed E-state index contributed by atoms with van der Waals surface area (Å²) in [7, 11) is 0. The van der Waals surface area contributed by atoms with Gasteiger partial charge in [-0.1, -0.05) is 19.3 Å². The Morgan fingerprint density at radius 2 is 1.45 bits per heavy atom. The molecule has 0 aromatic rings. The maximum atomic E-state index is 9.73. The zero-order valence-corrected chi connectivity index (χ0v) is 12.6. The van der Waals surface area contributed by atoms with Crippen LogP contribution >= 0.6 is 0 Å². The van der Waals surface area contributed by atoms with Crippen LogP contribution in [0.15, 0.2) is 0 Å². The molecule has 0 aliphatic heterocycles. The summed E-state index contributed by atoms with van der Waals surface area (Å²) in [4.78, 5) is 0. The molecule has 0 spiro atoms. The molecule has 0 aromatic carbocycles. The van der Waals surface area contributed by atoms with Gasteiger partial charge in [0.15, 0.2) is 0 Å². The zero-order valence-electron chi connectivity index (χ0n) is 12.6.